The predicted molar refractivity (Wildman–Crippen MR) is 124 cm³/mol. The Bertz CT molecular complexity index is 1500. The molecule has 0 radical (unpaired) electrons. The van der Waals surface area contributed by atoms with Crippen LogP contribution in [0.15, 0.2) is 82.7 Å². The third-order valence-corrected chi connectivity index (χ3v) is 7.43. The van der Waals surface area contributed by atoms with E-state index in [0.717, 1.165) is 16.8 Å². The Morgan fingerprint density at radius 3 is 2.53 bits per heavy atom. The van der Waals surface area contributed by atoms with Crippen molar-refractivity contribution in [2.24, 2.45) is 0 Å². The molecule has 170 valence electrons. The van der Waals surface area contributed by atoms with Gasteiger partial charge in [-0.2, -0.15) is 15.4 Å². The number of rotatable bonds is 5. The first-order valence-electron chi connectivity index (χ1n) is 10.5. The average Bonchev–Trinajstić information content (AvgIpc) is 3.37. The number of amides is 2. The Balaban J connectivity index is 1.29. The molecule has 2 amide bonds. The van der Waals surface area contributed by atoms with Crippen LogP contribution in [0.3, 0.4) is 0 Å². The molecule has 0 saturated heterocycles. The van der Waals surface area contributed by atoms with Gasteiger partial charge in [0.2, 0.25) is 9.84 Å². The highest BCUT2D eigenvalue weighted by atomic mass is 32.2. The Labute approximate surface area is 195 Å². The Morgan fingerprint density at radius 2 is 1.76 bits per heavy atom. The van der Waals surface area contributed by atoms with Gasteiger partial charge in [-0.05, 0) is 42.3 Å². The Hall–Kier alpha value is -4.31. The van der Waals surface area contributed by atoms with Crippen molar-refractivity contribution in [2.45, 2.75) is 16.2 Å². The number of benzene rings is 3. The maximum atomic E-state index is 13.1. The second-order valence-corrected chi connectivity index (χ2v) is 9.61. The lowest BCUT2D eigenvalue weighted by molar-refractivity contribution is 0.0952. The van der Waals surface area contributed by atoms with Crippen molar-refractivity contribution >= 4 is 27.3 Å². The SMILES string of the molecule is O=C(NCCc1ccc(-c2cn[nH]n2)cc1)c1ccc2c(c1)NC(=O)c1ccccc1S2(=O)=O. The summed E-state index contributed by atoms with van der Waals surface area (Å²) in [7, 11) is -3.91. The molecule has 0 saturated carbocycles. The van der Waals surface area contributed by atoms with Crippen LogP contribution in [0.5, 0.6) is 0 Å². The summed E-state index contributed by atoms with van der Waals surface area (Å²) in [5.41, 5.74) is 3.12. The topological polar surface area (TPSA) is 134 Å². The van der Waals surface area contributed by atoms with Crippen molar-refractivity contribution in [2.75, 3.05) is 11.9 Å². The summed E-state index contributed by atoms with van der Waals surface area (Å²) in [6, 6.07) is 18.0. The highest BCUT2D eigenvalue weighted by Crippen LogP contribution is 2.34. The van der Waals surface area contributed by atoms with Gasteiger partial charge >= 0.3 is 0 Å². The highest BCUT2D eigenvalue weighted by molar-refractivity contribution is 7.91. The summed E-state index contributed by atoms with van der Waals surface area (Å²) >= 11 is 0. The third kappa shape index (κ3) is 3.95. The van der Waals surface area contributed by atoms with Crippen LogP contribution in [0, 0.1) is 0 Å². The molecule has 1 aromatic heterocycles. The third-order valence-electron chi connectivity index (χ3n) is 5.56. The minimum atomic E-state index is -3.91. The second-order valence-electron chi connectivity index (χ2n) is 7.72. The summed E-state index contributed by atoms with van der Waals surface area (Å²) in [6.45, 7) is 0.384. The lowest BCUT2D eigenvalue weighted by atomic mass is 10.1. The number of anilines is 1. The van der Waals surface area contributed by atoms with Crippen molar-refractivity contribution in [3.05, 3.63) is 89.6 Å². The molecule has 4 aromatic rings. The molecule has 34 heavy (non-hydrogen) atoms. The predicted octanol–water partition coefficient (Wildman–Crippen LogP) is 2.84. The monoisotopic (exact) mass is 473 g/mol. The van der Waals surface area contributed by atoms with E-state index < -0.39 is 15.7 Å². The first-order chi connectivity index (χ1) is 16.4. The van der Waals surface area contributed by atoms with Crippen molar-refractivity contribution < 1.29 is 18.0 Å². The minimum absolute atomic E-state index is 0.0467. The fourth-order valence-corrected chi connectivity index (χ4v) is 5.40. The average molecular weight is 474 g/mol. The van der Waals surface area contributed by atoms with Gasteiger partial charge in [0, 0.05) is 17.7 Å². The molecule has 5 rings (SSSR count). The van der Waals surface area contributed by atoms with Gasteiger partial charge < -0.3 is 10.6 Å². The van der Waals surface area contributed by atoms with E-state index in [4.69, 9.17) is 0 Å². The standard InChI is InChI=1S/C24H19N5O4S/c30-23(25-12-11-15-5-7-16(8-6-15)20-14-26-29-28-20)17-9-10-22-19(13-17)27-24(31)18-3-1-2-4-21(18)34(22,32)33/h1-10,13-14H,11-12H2,(H,25,30)(H,27,31)(H,26,28,29). The molecular formula is C24H19N5O4S. The van der Waals surface area contributed by atoms with Crippen LogP contribution in [-0.4, -0.2) is 42.2 Å². The molecule has 3 N–H and O–H groups in total. The quantitative estimate of drug-likeness (QED) is 0.408. The number of nitrogens with zero attached hydrogens (tertiary/aromatic N) is 2. The smallest absolute Gasteiger partial charge is 0.257 e. The molecule has 0 spiro atoms. The van der Waals surface area contributed by atoms with Gasteiger partial charge in [0.25, 0.3) is 11.8 Å². The van der Waals surface area contributed by atoms with Gasteiger partial charge in [0.1, 0.15) is 5.69 Å². The lowest BCUT2D eigenvalue weighted by Gasteiger charge is -2.10. The van der Waals surface area contributed by atoms with Crippen molar-refractivity contribution in [1.82, 2.24) is 20.7 Å². The molecule has 1 aliphatic rings. The van der Waals surface area contributed by atoms with E-state index in [1.54, 1.807) is 18.3 Å². The molecule has 0 unspecified atom stereocenters. The summed E-state index contributed by atoms with van der Waals surface area (Å²) in [5.74, 6) is -0.903. The van der Waals surface area contributed by atoms with E-state index in [9.17, 15) is 18.0 Å². The summed E-state index contributed by atoms with van der Waals surface area (Å²) in [6.07, 6.45) is 2.25. The number of sulfone groups is 1. The number of aromatic amines is 1. The summed E-state index contributed by atoms with van der Waals surface area (Å²) < 4.78 is 26.1. The van der Waals surface area contributed by atoms with Crippen LogP contribution in [-0.2, 0) is 16.3 Å². The first-order valence-corrected chi connectivity index (χ1v) is 11.9. The van der Waals surface area contributed by atoms with E-state index in [-0.39, 0.29) is 32.5 Å². The van der Waals surface area contributed by atoms with Crippen LogP contribution in [0.4, 0.5) is 5.69 Å². The van der Waals surface area contributed by atoms with Crippen molar-refractivity contribution in [3.63, 3.8) is 0 Å². The molecule has 0 aliphatic carbocycles. The Kier molecular flexibility index (Phi) is 5.42. The molecule has 0 bridgehead atoms. The van der Waals surface area contributed by atoms with Crippen molar-refractivity contribution in [1.29, 1.82) is 0 Å². The Morgan fingerprint density at radius 1 is 0.971 bits per heavy atom. The fourth-order valence-electron chi connectivity index (χ4n) is 3.81. The van der Waals surface area contributed by atoms with Gasteiger partial charge in [0.15, 0.2) is 0 Å². The molecule has 3 aromatic carbocycles. The maximum absolute atomic E-state index is 13.1. The second kappa shape index (κ2) is 8.56. The zero-order valence-electron chi connectivity index (χ0n) is 17.8. The van der Waals surface area contributed by atoms with Crippen LogP contribution < -0.4 is 10.6 Å². The van der Waals surface area contributed by atoms with Crippen LogP contribution in [0.25, 0.3) is 11.3 Å². The van der Waals surface area contributed by atoms with E-state index in [2.05, 4.69) is 26.0 Å². The molecule has 1 aliphatic heterocycles. The van der Waals surface area contributed by atoms with Crippen LogP contribution >= 0.6 is 0 Å². The lowest BCUT2D eigenvalue weighted by Crippen LogP contribution is -2.26. The van der Waals surface area contributed by atoms with Gasteiger partial charge in [-0.25, -0.2) is 8.42 Å². The number of hydrogen-bond donors (Lipinski definition) is 3. The number of fused-ring (bicyclic) bond motifs is 2. The minimum Gasteiger partial charge on any atom is -0.352 e. The largest absolute Gasteiger partial charge is 0.352 e. The maximum Gasteiger partial charge on any atom is 0.257 e. The molecule has 0 fully saturated rings. The van der Waals surface area contributed by atoms with Crippen LogP contribution in [0.2, 0.25) is 0 Å². The number of carbonyl (C=O) groups is 2. The number of carbonyl (C=O) groups excluding carboxylic acids is 2. The molecule has 9 nitrogen and oxygen atoms in total. The molecule has 0 atom stereocenters. The summed E-state index contributed by atoms with van der Waals surface area (Å²) in [5, 5.41) is 15.9. The van der Waals surface area contributed by atoms with Crippen molar-refractivity contribution in [3.8, 4) is 11.3 Å². The number of aromatic nitrogens is 3. The first kappa shape index (κ1) is 21.5. The molecule has 10 heteroatoms. The van der Waals surface area contributed by atoms with Gasteiger partial charge in [0.05, 0.1) is 27.2 Å². The molecular weight excluding hydrogens is 454 g/mol. The van der Waals surface area contributed by atoms with Gasteiger partial charge in [-0.1, -0.05) is 36.4 Å². The van der Waals surface area contributed by atoms with E-state index >= 15 is 0 Å². The van der Waals surface area contributed by atoms with E-state index in [1.165, 1.54) is 30.3 Å². The van der Waals surface area contributed by atoms with E-state index in [1.807, 2.05) is 24.3 Å². The van der Waals surface area contributed by atoms with Crippen LogP contribution in [0.1, 0.15) is 26.3 Å². The molecule has 2 heterocycles. The number of hydrogen-bond acceptors (Lipinski definition) is 6. The normalized spacial score (nSPS) is 13.8. The fraction of sp³-hybridized carbons (Fsp3) is 0.0833. The van der Waals surface area contributed by atoms with Gasteiger partial charge in [-0.3, -0.25) is 9.59 Å². The van der Waals surface area contributed by atoms with Gasteiger partial charge in [-0.15, -0.1) is 0 Å². The zero-order chi connectivity index (χ0) is 23.7. The number of H-pyrrole nitrogens is 1. The van der Waals surface area contributed by atoms with E-state index in [0.29, 0.717) is 13.0 Å². The highest BCUT2D eigenvalue weighted by Gasteiger charge is 2.31. The zero-order valence-corrected chi connectivity index (χ0v) is 18.6. The number of nitrogens with one attached hydrogen (secondary N) is 3. The summed E-state index contributed by atoms with van der Waals surface area (Å²) in [4.78, 5) is 25.2.